The highest BCUT2D eigenvalue weighted by atomic mass is 35.5. The molecule has 0 N–H and O–H groups in total. The minimum atomic E-state index is 0.275. The van der Waals surface area contributed by atoms with Crippen molar-refractivity contribution in [3.8, 4) is 11.5 Å². The van der Waals surface area contributed by atoms with Crippen LogP contribution in [-0.4, -0.2) is 20.0 Å². The molecule has 1 aliphatic rings. The third-order valence-electron chi connectivity index (χ3n) is 2.81. The van der Waals surface area contributed by atoms with Gasteiger partial charge in [-0.3, -0.25) is 0 Å². The summed E-state index contributed by atoms with van der Waals surface area (Å²) in [7, 11) is 0. The average Bonchev–Trinajstić information content (AvgIpc) is 3.20. The first-order chi connectivity index (χ1) is 8.83. The molecule has 4 heteroatoms. The lowest BCUT2D eigenvalue weighted by Crippen LogP contribution is -2.06. The fraction of sp³-hybridized carbons (Fsp3) is 0.571. The molecule has 1 aromatic carbocycles. The van der Waals surface area contributed by atoms with Gasteiger partial charge in [-0.1, -0.05) is 6.07 Å². The molecular weight excluding hydrogens is 252 g/mol. The van der Waals surface area contributed by atoms with Crippen LogP contribution in [0, 0.1) is 5.92 Å². The first kappa shape index (κ1) is 13.5. The average molecular weight is 271 g/mol. The number of halogens is 1. The van der Waals surface area contributed by atoms with Crippen LogP contribution in [0.2, 0.25) is 0 Å². The van der Waals surface area contributed by atoms with Crippen molar-refractivity contribution in [2.24, 2.45) is 5.92 Å². The highest BCUT2D eigenvalue weighted by Crippen LogP contribution is 2.30. The summed E-state index contributed by atoms with van der Waals surface area (Å²) in [6.45, 7) is 3.62. The fourth-order valence-electron chi connectivity index (χ4n) is 1.63. The number of hydrogen-bond acceptors (Lipinski definition) is 3. The highest BCUT2D eigenvalue weighted by molar-refractivity contribution is 6.17. The molecule has 0 radical (unpaired) electrons. The molecule has 0 unspecified atom stereocenters. The van der Waals surface area contributed by atoms with E-state index in [4.69, 9.17) is 25.8 Å². The molecule has 18 heavy (non-hydrogen) atoms. The number of hydrogen-bond donors (Lipinski definition) is 0. The van der Waals surface area contributed by atoms with Crippen LogP contribution < -0.4 is 9.47 Å². The molecule has 0 amide bonds. The van der Waals surface area contributed by atoms with Crippen molar-refractivity contribution in [2.45, 2.75) is 25.6 Å². The topological polar surface area (TPSA) is 27.7 Å². The molecule has 0 saturated heterocycles. The van der Waals surface area contributed by atoms with Crippen molar-refractivity contribution >= 4 is 11.6 Å². The van der Waals surface area contributed by atoms with Crippen LogP contribution in [0.5, 0.6) is 11.5 Å². The van der Waals surface area contributed by atoms with Crippen molar-refractivity contribution in [3.05, 3.63) is 23.8 Å². The summed E-state index contributed by atoms with van der Waals surface area (Å²) in [6.07, 6.45) is 2.57. The predicted octanol–water partition coefficient (Wildman–Crippen LogP) is 3.59. The van der Waals surface area contributed by atoms with Crippen molar-refractivity contribution in [2.75, 3.05) is 20.0 Å². The van der Waals surface area contributed by atoms with Gasteiger partial charge in [-0.2, -0.15) is 0 Å². The number of ether oxygens (including phenoxy) is 3. The standard InChI is InChI=1S/C14H19ClO3/c1-2-17-14-7-12(8-15)5-6-13(14)18-10-16-9-11-3-4-11/h5-7,11H,2-4,8-10H2,1H3. The van der Waals surface area contributed by atoms with E-state index >= 15 is 0 Å². The number of rotatable bonds is 8. The zero-order valence-corrected chi connectivity index (χ0v) is 11.4. The molecule has 0 aliphatic heterocycles. The molecule has 100 valence electrons. The lowest BCUT2D eigenvalue weighted by Gasteiger charge is -2.12. The molecule has 1 saturated carbocycles. The number of benzene rings is 1. The van der Waals surface area contributed by atoms with E-state index in [9.17, 15) is 0 Å². The van der Waals surface area contributed by atoms with E-state index in [2.05, 4.69) is 0 Å². The lowest BCUT2D eigenvalue weighted by atomic mass is 10.2. The first-order valence-electron chi connectivity index (χ1n) is 6.35. The molecule has 2 rings (SSSR count). The minimum absolute atomic E-state index is 0.275. The van der Waals surface area contributed by atoms with Crippen LogP contribution in [0.1, 0.15) is 25.3 Å². The summed E-state index contributed by atoms with van der Waals surface area (Å²) in [5.41, 5.74) is 1.02. The molecule has 1 fully saturated rings. The zero-order valence-electron chi connectivity index (χ0n) is 10.7. The van der Waals surface area contributed by atoms with E-state index in [1.54, 1.807) is 0 Å². The van der Waals surface area contributed by atoms with Gasteiger partial charge in [0.1, 0.15) is 0 Å². The van der Waals surface area contributed by atoms with E-state index in [0.29, 0.717) is 18.2 Å². The lowest BCUT2D eigenvalue weighted by molar-refractivity contribution is 0.00839. The Morgan fingerprint density at radius 1 is 1.22 bits per heavy atom. The molecular formula is C14H19ClO3. The molecule has 3 nitrogen and oxygen atoms in total. The maximum Gasteiger partial charge on any atom is 0.189 e. The summed E-state index contributed by atoms with van der Waals surface area (Å²) in [6, 6.07) is 5.72. The van der Waals surface area contributed by atoms with Gasteiger partial charge in [0.25, 0.3) is 0 Å². The Morgan fingerprint density at radius 3 is 2.72 bits per heavy atom. The van der Waals surface area contributed by atoms with Gasteiger partial charge in [-0.15, -0.1) is 11.6 Å². The Bertz CT molecular complexity index is 377. The third-order valence-corrected chi connectivity index (χ3v) is 3.12. The SMILES string of the molecule is CCOc1cc(CCl)ccc1OCOCC1CC1. The van der Waals surface area contributed by atoms with Crippen LogP contribution in [0.15, 0.2) is 18.2 Å². The van der Waals surface area contributed by atoms with E-state index in [0.717, 1.165) is 23.8 Å². The quantitative estimate of drug-likeness (QED) is 0.410. The van der Waals surface area contributed by atoms with Gasteiger partial charge < -0.3 is 14.2 Å². The maximum atomic E-state index is 5.80. The van der Waals surface area contributed by atoms with Crippen LogP contribution in [0.25, 0.3) is 0 Å². The second-order valence-corrected chi connectivity index (χ2v) is 4.69. The third kappa shape index (κ3) is 4.07. The molecule has 1 aliphatic carbocycles. The Labute approximate surface area is 113 Å². The summed E-state index contributed by atoms with van der Waals surface area (Å²) in [4.78, 5) is 0. The van der Waals surface area contributed by atoms with E-state index in [1.807, 2.05) is 25.1 Å². The van der Waals surface area contributed by atoms with E-state index in [-0.39, 0.29) is 6.79 Å². The first-order valence-corrected chi connectivity index (χ1v) is 6.89. The van der Waals surface area contributed by atoms with Crippen molar-refractivity contribution in [1.82, 2.24) is 0 Å². The Morgan fingerprint density at radius 2 is 2.06 bits per heavy atom. The van der Waals surface area contributed by atoms with Gasteiger partial charge in [-0.05, 0) is 43.4 Å². The highest BCUT2D eigenvalue weighted by Gasteiger charge is 2.21. The molecule has 1 aromatic rings. The van der Waals surface area contributed by atoms with Gasteiger partial charge in [-0.25, -0.2) is 0 Å². The maximum absolute atomic E-state index is 5.80. The minimum Gasteiger partial charge on any atom is -0.490 e. The van der Waals surface area contributed by atoms with Crippen molar-refractivity contribution in [1.29, 1.82) is 0 Å². The van der Waals surface area contributed by atoms with E-state index < -0.39 is 0 Å². The molecule has 0 spiro atoms. The van der Waals surface area contributed by atoms with Gasteiger partial charge >= 0.3 is 0 Å². The summed E-state index contributed by atoms with van der Waals surface area (Å²) >= 11 is 5.80. The predicted molar refractivity (Wildman–Crippen MR) is 71.3 cm³/mol. The second-order valence-electron chi connectivity index (χ2n) is 4.42. The van der Waals surface area contributed by atoms with Crippen molar-refractivity contribution in [3.63, 3.8) is 0 Å². The normalized spacial score (nSPS) is 14.6. The van der Waals surface area contributed by atoms with Crippen LogP contribution in [0.3, 0.4) is 0 Å². The molecule has 0 bridgehead atoms. The fourth-order valence-corrected chi connectivity index (χ4v) is 1.79. The van der Waals surface area contributed by atoms with Gasteiger partial charge in [0, 0.05) is 5.88 Å². The van der Waals surface area contributed by atoms with Crippen LogP contribution in [0.4, 0.5) is 0 Å². The monoisotopic (exact) mass is 270 g/mol. The summed E-state index contributed by atoms with van der Waals surface area (Å²) in [5, 5.41) is 0. The van der Waals surface area contributed by atoms with Gasteiger partial charge in [0.2, 0.25) is 0 Å². The summed E-state index contributed by atoms with van der Waals surface area (Å²) in [5.74, 6) is 2.66. The van der Waals surface area contributed by atoms with Crippen LogP contribution in [-0.2, 0) is 10.6 Å². The zero-order chi connectivity index (χ0) is 12.8. The second kappa shape index (κ2) is 6.86. The Balaban J connectivity index is 1.87. The Hall–Kier alpha value is -0.930. The smallest absolute Gasteiger partial charge is 0.189 e. The van der Waals surface area contributed by atoms with Gasteiger partial charge in [0.15, 0.2) is 18.3 Å². The van der Waals surface area contributed by atoms with Crippen molar-refractivity contribution < 1.29 is 14.2 Å². The molecule has 0 heterocycles. The van der Waals surface area contributed by atoms with Gasteiger partial charge in [0.05, 0.1) is 13.2 Å². The Kier molecular flexibility index (Phi) is 5.14. The van der Waals surface area contributed by atoms with Crippen LogP contribution >= 0.6 is 11.6 Å². The molecule has 0 atom stereocenters. The summed E-state index contributed by atoms with van der Waals surface area (Å²) < 4.78 is 16.6. The van der Waals surface area contributed by atoms with E-state index in [1.165, 1.54) is 12.8 Å². The largest absolute Gasteiger partial charge is 0.490 e. The molecule has 0 aromatic heterocycles. The number of alkyl halides is 1.